The van der Waals surface area contributed by atoms with Gasteiger partial charge in [-0.2, -0.15) is 0 Å². The van der Waals surface area contributed by atoms with E-state index in [1.54, 1.807) is 19.4 Å². The first-order valence-corrected chi connectivity index (χ1v) is 6.11. The van der Waals surface area contributed by atoms with E-state index in [2.05, 4.69) is 10.3 Å². The number of unbranched alkanes of at least 4 members (excludes halogenated alkanes) is 1. The molecular weight excluding hydrogens is 240 g/mol. The van der Waals surface area contributed by atoms with E-state index in [0.29, 0.717) is 24.7 Å². The van der Waals surface area contributed by atoms with Gasteiger partial charge in [-0.05, 0) is 18.4 Å². The van der Waals surface area contributed by atoms with Crippen molar-refractivity contribution < 1.29 is 9.53 Å². The highest BCUT2D eigenvalue weighted by molar-refractivity contribution is 6.17. The molecule has 1 N–H and O–H groups in total. The van der Waals surface area contributed by atoms with Gasteiger partial charge in [0.15, 0.2) is 0 Å². The van der Waals surface area contributed by atoms with Crippen molar-refractivity contribution in [3.05, 3.63) is 23.9 Å². The van der Waals surface area contributed by atoms with E-state index in [1.165, 1.54) is 0 Å². The lowest BCUT2D eigenvalue weighted by molar-refractivity contribution is -0.121. The van der Waals surface area contributed by atoms with Crippen LogP contribution in [0.3, 0.4) is 0 Å². The molecule has 1 aromatic rings. The van der Waals surface area contributed by atoms with Crippen molar-refractivity contribution >= 4 is 17.5 Å². The number of hydrogen-bond donors (Lipinski definition) is 1. The second kappa shape index (κ2) is 7.90. The molecule has 17 heavy (non-hydrogen) atoms. The zero-order chi connectivity index (χ0) is 12.5. The van der Waals surface area contributed by atoms with E-state index in [4.69, 9.17) is 16.3 Å². The normalized spacial score (nSPS) is 10.0. The summed E-state index contributed by atoms with van der Waals surface area (Å²) in [6.07, 6.45) is 3.92. The number of nitrogens with one attached hydrogen (secondary N) is 1. The van der Waals surface area contributed by atoms with E-state index >= 15 is 0 Å². The standard InChI is InChI=1S/C12H17ClN2O2/c1-17-12-6-5-10(9-15-12)8-14-11(16)4-2-3-7-13/h5-6,9H,2-4,7-8H2,1H3,(H,14,16). The van der Waals surface area contributed by atoms with Crippen LogP contribution in [0.2, 0.25) is 0 Å². The number of rotatable bonds is 7. The van der Waals surface area contributed by atoms with Crippen molar-refractivity contribution in [3.8, 4) is 5.88 Å². The van der Waals surface area contributed by atoms with Crippen LogP contribution in [0.25, 0.3) is 0 Å². The van der Waals surface area contributed by atoms with Crippen LogP contribution in [0.5, 0.6) is 5.88 Å². The van der Waals surface area contributed by atoms with E-state index < -0.39 is 0 Å². The first kappa shape index (κ1) is 13.8. The van der Waals surface area contributed by atoms with Crippen LogP contribution in [0.4, 0.5) is 0 Å². The Balaban J connectivity index is 2.27. The first-order chi connectivity index (χ1) is 8.26. The number of hydrogen-bond acceptors (Lipinski definition) is 3. The van der Waals surface area contributed by atoms with Crippen molar-refractivity contribution in [2.24, 2.45) is 0 Å². The predicted molar refractivity (Wildman–Crippen MR) is 67.2 cm³/mol. The second-order valence-electron chi connectivity index (χ2n) is 3.63. The topological polar surface area (TPSA) is 51.2 Å². The zero-order valence-corrected chi connectivity index (χ0v) is 10.7. The van der Waals surface area contributed by atoms with Crippen molar-refractivity contribution in [2.75, 3.05) is 13.0 Å². The molecule has 1 aromatic heterocycles. The molecule has 0 atom stereocenters. The summed E-state index contributed by atoms with van der Waals surface area (Å²) in [5.74, 6) is 1.23. The number of carbonyl (C=O) groups is 1. The van der Waals surface area contributed by atoms with E-state index in [1.807, 2.05) is 6.07 Å². The number of ether oxygens (including phenoxy) is 1. The highest BCUT2D eigenvalue weighted by Crippen LogP contribution is 2.06. The fourth-order valence-corrected chi connectivity index (χ4v) is 1.49. The minimum Gasteiger partial charge on any atom is -0.481 e. The van der Waals surface area contributed by atoms with Crippen LogP contribution in [-0.4, -0.2) is 23.9 Å². The monoisotopic (exact) mass is 256 g/mol. The minimum atomic E-state index is 0.0472. The van der Waals surface area contributed by atoms with Gasteiger partial charge in [0, 0.05) is 31.1 Å². The number of methoxy groups -OCH3 is 1. The average Bonchev–Trinajstić information content (AvgIpc) is 2.37. The number of aromatic nitrogens is 1. The van der Waals surface area contributed by atoms with Crippen LogP contribution in [-0.2, 0) is 11.3 Å². The number of amides is 1. The Labute approximate surface area is 106 Å². The van der Waals surface area contributed by atoms with Gasteiger partial charge < -0.3 is 10.1 Å². The summed E-state index contributed by atoms with van der Waals surface area (Å²) in [6, 6.07) is 3.65. The molecule has 0 saturated carbocycles. The smallest absolute Gasteiger partial charge is 0.220 e. The fourth-order valence-electron chi connectivity index (χ4n) is 1.31. The summed E-state index contributed by atoms with van der Waals surface area (Å²) >= 11 is 5.53. The molecule has 0 radical (unpaired) electrons. The molecule has 5 heteroatoms. The Bertz CT molecular complexity index is 341. The molecule has 0 bridgehead atoms. The van der Waals surface area contributed by atoms with Gasteiger partial charge in [-0.15, -0.1) is 11.6 Å². The predicted octanol–water partition coefficient (Wildman–Crippen LogP) is 2.12. The third kappa shape index (κ3) is 5.54. The number of nitrogens with zero attached hydrogens (tertiary/aromatic N) is 1. The van der Waals surface area contributed by atoms with Crippen molar-refractivity contribution in [1.82, 2.24) is 10.3 Å². The summed E-state index contributed by atoms with van der Waals surface area (Å²) < 4.78 is 4.95. The lowest BCUT2D eigenvalue weighted by Crippen LogP contribution is -2.22. The summed E-state index contributed by atoms with van der Waals surface area (Å²) in [5.41, 5.74) is 0.955. The highest BCUT2D eigenvalue weighted by Gasteiger charge is 2.01. The average molecular weight is 257 g/mol. The second-order valence-corrected chi connectivity index (χ2v) is 4.01. The van der Waals surface area contributed by atoms with Crippen LogP contribution >= 0.6 is 11.6 Å². The van der Waals surface area contributed by atoms with Crippen molar-refractivity contribution in [1.29, 1.82) is 0 Å². The van der Waals surface area contributed by atoms with Gasteiger partial charge in [0.1, 0.15) is 0 Å². The molecule has 0 spiro atoms. The van der Waals surface area contributed by atoms with Crippen LogP contribution in [0.1, 0.15) is 24.8 Å². The zero-order valence-electron chi connectivity index (χ0n) is 9.91. The maximum atomic E-state index is 11.4. The van der Waals surface area contributed by atoms with Crippen molar-refractivity contribution in [2.45, 2.75) is 25.8 Å². The quantitative estimate of drug-likeness (QED) is 0.601. The summed E-state index contributed by atoms with van der Waals surface area (Å²) in [7, 11) is 1.57. The van der Waals surface area contributed by atoms with Gasteiger partial charge in [0.2, 0.25) is 11.8 Å². The molecule has 1 heterocycles. The Hall–Kier alpha value is -1.29. The first-order valence-electron chi connectivity index (χ1n) is 5.58. The van der Waals surface area contributed by atoms with Gasteiger partial charge in [0.05, 0.1) is 7.11 Å². The number of alkyl halides is 1. The number of carbonyl (C=O) groups excluding carboxylic acids is 1. The van der Waals surface area contributed by atoms with Crippen LogP contribution < -0.4 is 10.1 Å². The van der Waals surface area contributed by atoms with Crippen LogP contribution in [0, 0.1) is 0 Å². The molecular formula is C12H17ClN2O2. The number of halogens is 1. The van der Waals surface area contributed by atoms with Gasteiger partial charge in [-0.1, -0.05) is 6.07 Å². The Morgan fingerprint density at radius 2 is 2.29 bits per heavy atom. The molecule has 0 unspecified atom stereocenters. The van der Waals surface area contributed by atoms with Gasteiger partial charge in [0.25, 0.3) is 0 Å². The van der Waals surface area contributed by atoms with Gasteiger partial charge in [-0.3, -0.25) is 4.79 Å². The maximum absolute atomic E-state index is 11.4. The lowest BCUT2D eigenvalue weighted by Gasteiger charge is -2.05. The molecule has 0 aromatic carbocycles. The third-order valence-corrected chi connectivity index (χ3v) is 2.55. The molecule has 0 aliphatic rings. The lowest BCUT2D eigenvalue weighted by atomic mass is 10.2. The van der Waals surface area contributed by atoms with Crippen molar-refractivity contribution in [3.63, 3.8) is 0 Å². The van der Waals surface area contributed by atoms with E-state index in [-0.39, 0.29) is 5.91 Å². The highest BCUT2D eigenvalue weighted by atomic mass is 35.5. The molecule has 0 aliphatic carbocycles. The molecule has 1 rings (SSSR count). The van der Waals surface area contributed by atoms with Gasteiger partial charge >= 0.3 is 0 Å². The van der Waals surface area contributed by atoms with Gasteiger partial charge in [-0.25, -0.2) is 4.98 Å². The van der Waals surface area contributed by atoms with Crippen LogP contribution in [0.15, 0.2) is 18.3 Å². The summed E-state index contributed by atoms with van der Waals surface area (Å²) in [5, 5.41) is 2.83. The Morgan fingerprint density at radius 3 is 2.88 bits per heavy atom. The molecule has 0 saturated heterocycles. The molecule has 4 nitrogen and oxygen atoms in total. The molecule has 94 valence electrons. The van der Waals surface area contributed by atoms with E-state index in [0.717, 1.165) is 18.4 Å². The Morgan fingerprint density at radius 1 is 1.47 bits per heavy atom. The largest absolute Gasteiger partial charge is 0.481 e. The molecule has 1 amide bonds. The number of pyridine rings is 1. The van der Waals surface area contributed by atoms with E-state index in [9.17, 15) is 4.79 Å². The maximum Gasteiger partial charge on any atom is 0.220 e. The summed E-state index contributed by atoms with van der Waals surface area (Å²) in [4.78, 5) is 15.5. The molecule has 0 fully saturated rings. The summed E-state index contributed by atoms with van der Waals surface area (Å²) in [6.45, 7) is 0.497. The Kier molecular flexibility index (Phi) is 6.40. The third-order valence-electron chi connectivity index (χ3n) is 2.28. The minimum absolute atomic E-state index is 0.0472. The SMILES string of the molecule is COc1ccc(CNC(=O)CCCCCl)cn1. The molecule has 0 aliphatic heterocycles. The fraction of sp³-hybridized carbons (Fsp3) is 0.500.